The summed E-state index contributed by atoms with van der Waals surface area (Å²) in [6.45, 7) is 0.194. The van der Waals surface area contributed by atoms with Crippen LogP contribution in [0.1, 0.15) is 19.3 Å². The molecular formula is C14H19ClN2O4S. The second kappa shape index (κ2) is 6.85. The van der Waals surface area contributed by atoms with Gasteiger partial charge in [-0.1, -0.05) is 11.6 Å². The normalized spacial score (nSPS) is 14.9. The highest BCUT2D eigenvalue weighted by Gasteiger charge is 2.34. The Morgan fingerprint density at radius 1 is 1.45 bits per heavy atom. The molecule has 0 aliphatic heterocycles. The molecule has 22 heavy (non-hydrogen) atoms. The van der Waals surface area contributed by atoms with Crippen molar-refractivity contribution in [2.45, 2.75) is 25.3 Å². The van der Waals surface area contributed by atoms with Gasteiger partial charge in [0.25, 0.3) is 0 Å². The third-order valence-corrected chi connectivity index (χ3v) is 5.00. The topological polar surface area (TPSA) is 75.7 Å². The van der Waals surface area contributed by atoms with Crippen LogP contribution in [0.3, 0.4) is 0 Å². The van der Waals surface area contributed by atoms with E-state index >= 15 is 0 Å². The standard InChI is InChI=1S/C14H19ClN2O4S/c1-21-13-6-3-10(9-12(13)15)16-14(18)7-8-17(11-4-5-11)22(2,19)20/h3,6,9,11H,4-5,7-8H2,1-2H3,(H,16,18). The highest BCUT2D eigenvalue weighted by molar-refractivity contribution is 7.88. The highest BCUT2D eigenvalue weighted by atomic mass is 35.5. The lowest BCUT2D eigenvalue weighted by Gasteiger charge is -2.18. The summed E-state index contributed by atoms with van der Waals surface area (Å²) in [4.78, 5) is 11.9. The molecule has 1 fully saturated rings. The minimum Gasteiger partial charge on any atom is -0.495 e. The zero-order chi connectivity index (χ0) is 16.3. The quantitative estimate of drug-likeness (QED) is 0.820. The molecule has 0 bridgehead atoms. The van der Waals surface area contributed by atoms with Gasteiger partial charge in [-0.25, -0.2) is 8.42 Å². The van der Waals surface area contributed by atoms with E-state index in [1.165, 1.54) is 17.7 Å². The van der Waals surface area contributed by atoms with Gasteiger partial charge in [0.05, 0.1) is 18.4 Å². The smallest absolute Gasteiger partial charge is 0.225 e. The summed E-state index contributed by atoms with van der Waals surface area (Å²) in [6, 6.07) is 4.98. The molecule has 122 valence electrons. The largest absolute Gasteiger partial charge is 0.495 e. The molecule has 1 aromatic carbocycles. The summed E-state index contributed by atoms with van der Waals surface area (Å²) in [6.07, 6.45) is 3.01. The van der Waals surface area contributed by atoms with Gasteiger partial charge in [-0.15, -0.1) is 0 Å². The van der Waals surface area contributed by atoms with Crippen LogP contribution in [0.4, 0.5) is 5.69 Å². The van der Waals surface area contributed by atoms with Crippen LogP contribution >= 0.6 is 11.6 Å². The minimum atomic E-state index is -3.27. The number of halogens is 1. The number of carbonyl (C=O) groups excluding carboxylic acids is 1. The molecule has 0 radical (unpaired) electrons. The lowest BCUT2D eigenvalue weighted by Crippen LogP contribution is -2.34. The maximum atomic E-state index is 11.9. The first kappa shape index (κ1) is 17.1. The summed E-state index contributed by atoms with van der Waals surface area (Å²) in [5, 5.41) is 3.10. The molecule has 0 heterocycles. The fourth-order valence-electron chi connectivity index (χ4n) is 2.16. The first-order valence-corrected chi connectivity index (χ1v) is 9.14. The van der Waals surface area contributed by atoms with Gasteiger partial charge >= 0.3 is 0 Å². The molecule has 0 atom stereocenters. The number of carbonyl (C=O) groups is 1. The van der Waals surface area contributed by atoms with Gasteiger partial charge < -0.3 is 10.1 Å². The third-order valence-electron chi connectivity index (χ3n) is 3.37. The van der Waals surface area contributed by atoms with Crippen molar-refractivity contribution in [3.8, 4) is 5.75 Å². The van der Waals surface area contributed by atoms with Crippen molar-refractivity contribution in [2.24, 2.45) is 0 Å². The predicted octanol–water partition coefficient (Wildman–Crippen LogP) is 2.10. The van der Waals surface area contributed by atoms with Crippen molar-refractivity contribution < 1.29 is 17.9 Å². The fraction of sp³-hybridized carbons (Fsp3) is 0.500. The average molecular weight is 347 g/mol. The lowest BCUT2D eigenvalue weighted by atomic mass is 10.3. The number of nitrogens with zero attached hydrogens (tertiary/aromatic N) is 1. The van der Waals surface area contributed by atoms with Gasteiger partial charge in [0.2, 0.25) is 15.9 Å². The first-order valence-electron chi connectivity index (χ1n) is 6.91. The van der Waals surface area contributed by atoms with Crippen LogP contribution in [0.15, 0.2) is 18.2 Å². The van der Waals surface area contributed by atoms with Crippen LogP contribution in [0.5, 0.6) is 5.75 Å². The molecule has 0 unspecified atom stereocenters. The van der Waals surface area contributed by atoms with E-state index in [0.29, 0.717) is 16.5 Å². The van der Waals surface area contributed by atoms with Gasteiger partial charge in [0, 0.05) is 24.7 Å². The number of hydrogen-bond acceptors (Lipinski definition) is 4. The number of anilines is 1. The van der Waals surface area contributed by atoms with Crippen molar-refractivity contribution in [3.05, 3.63) is 23.2 Å². The van der Waals surface area contributed by atoms with Crippen molar-refractivity contribution in [1.29, 1.82) is 0 Å². The Morgan fingerprint density at radius 3 is 2.64 bits per heavy atom. The molecule has 2 rings (SSSR count). The number of nitrogens with one attached hydrogen (secondary N) is 1. The van der Waals surface area contributed by atoms with Crippen LogP contribution in [-0.4, -0.2) is 44.6 Å². The fourth-order valence-corrected chi connectivity index (χ4v) is 3.59. The van der Waals surface area contributed by atoms with E-state index in [0.717, 1.165) is 12.8 Å². The van der Waals surface area contributed by atoms with Gasteiger partial charge in [-0.05, 0) is 31.0 Å². The Balaban J connectivity index is 1.91. The van der Waals surface area contributed by atoms with E-state index in [1.54, 1.807) is 18.2 Å². The van der Waals surface area contributed by atoms with Gasteiger partial charge in [-0.3, -0.25) is 4.79 Å². The first-order chi connectivity index (χ1) is 10.3. The molecule has 8 heteroatoms. The maximum Gasteiger partial charge on any atom is 0.225 e. The van der Waals surface area contributed by atoms with Crippen molar-refractivity contribution in [1.82, 2.24) is 4.31 Å². The Labute approximate surface area is 135 Å². The van der Waals surface area contributed by atoms with E-state index in [-0.39, 0.29) is 24.9 Å². The van der Waals surface area contributed by atoms with Crippen LogP contribution in [0.2, 0.25) is 5.02 Å². The molecule has 1 aliphatic rings. The molecule has 0 spiro atoms. The molecule has 6 nitrogen and oxygen atoms in total. The Hall–Kier alpha value is -1.31. The number of methoxy groups -OCH3 is 1. The second-order valence-electron chi connectivity index (χ2n) is 5.25. The van der Waals surface area contributed by atoms with E-state index in [4.69, 9.17) is 16.3 Å². The average Bonchev–Trinajstić information content (AvgIpc) is 3.22. The summed E-state index contributed by atoms with van der Waals surface area (Å²) < 4.78 is 29.8. The molecule has 1 amide bonds. The summed E-state index contributed by atoms with van der Waals surface area (Å²) in [7, 11) is -1.76. The van der Waals surface area contributed by atoms with Gasteiger partial charge in [-0.2, -0.15) is 4.31 Å². The number of amides is 1. The zero-order valence-corrected chi connectivity index (χ0v) is 14.1. The van der Waals surface area contributed by atoms with Crippen molar-refractivity contribution in [2.75, 3.05) is 25.2 Å². The molecule has 1 N–H and O–H groups in total. The molecule has 1 aromatic rings. The van der Waals surface area contributed by atoms with E-state index < -0.39 is 10.0 Å². The zero-order valence-electron chi connectivity index (χ0n) is 12.5. The van der Waals surface area contributed by atoms with E-state index in [2.05, 4.69) is 5.32 Å². The monoisotopic (exact) mass is 346 g/mol. The third kappa shape index (κ3) is 4.59. The van der Waals surface area contributed by atoms with Crippen molar-refractivity contribution >= 4 is 33.2 Å². The summed E-state index contributed by atoms with van der Waals surface area (Å²) >= 11 is 5.99. The lowest BCUT2D eigenvalue weighted by molar-refractivity contribution is -0.116. The predicted molar refractivity (Wildman–Crippen MR) is 85.8 cm³/mol. The molecule has 1 saturated carbocycles. The van der Waals surface area contributed by atoms with Crippen LogP contribution < -0.4 is 10.1 Å². The number of rotatable bonds is 7. The second-order valence-corrected chi connectivity index (χ2v) is 7.59. The van der Waals surface area contributed by atoms with Gasteiger partial charge in [0.1, 0.15) is 5.75 Å². The Morgan fingerprint density at radius 2 is 2.14 bits per heavy atom. The molecule has 0 aromatic heterocycles. The Bertz CT molecular complexity index is 659. The summed E-state index contributed by atoms with van der Waals surface area (Å²) in [5.74, 6) is 0.271. The van der Waals surface area contributed by atoms with Crippen LogP contribution in [0.25, 0.3) is 0 Å². The minimum absolute atomic E-state index is 0.0539. The van der Waals surface area contributed by atoms with E-state index in [1.807, 2.05) is 0 Å². The number of ether oxygens (including phenoxy) is 1. The Kier molecular flexibility index (Phi) is 5.31. The molecule has 0 saturated heterocycles. The maximum absolute atomic E-state index is 11.9. The molecular weight excluding hydrogens is 328 g/mol. The summed E-state index contributed by atoms with van der Waals surface area (Å²) in [5.41, 5.74) is 0.549. The highest BCUT2D eigenvalue weighted by Crippen LogP contribution is 2.29. The number of hydrogen-bond donors (Lipinski definition) is 1. The number of benzene rings is 1. The van der Waals surface area contributed by atoms with Crippen LogP contribution in [0, 0.1) is 0 Å². The SMILES string of the molecule is COc1ccc(NC(=O)CCN(C2CC2)S(C)(=O)=O)cc1Cl. The van der Waals surface area contributed by atoms with Gasteiger partial charge in [0.15, 0.2) is 0 Å². The van der Waals surface area contributed by atoms with Crippen LogP contribution in [-0.2, 0) is 14.8 Å². The van der Waals surface area contributed by atoms with Crippen molar-refractivity contribution in [3.63, 3.8) is 0 Å². The van der Waals surface area contributed by atoms with E-state index in [9.17, 15) is 13.2 Å². The molecule has 1 aliphatic carbocycles. The number of sulfonamides is 1.